The minimum atomic E-state index is -0.498. The molecule has 3 nitrogen and oxygen atoms in total. The van der Waals surface area contributed by atoms with E-state index in [-0.39, 0.29) is 23.1 Å². The molecule has 0 saturated carbocycles. The number of benzene rings is 1. The fourth-order valence-corrected chi connectivity index (χ4v) is 1.24. The van der Waals surface area contributed by atoms with Gasteiger partial charge in [0.1, 0.15) is 16.6 Å². The molecule has 5 heteroatoms. The summed E-state index contributed by atoms with van der Waals surface area (Å²) in [5, 5.41) is 8.80. The molecular formula is C11H14FNO2S. The number of aliphatic hydroxyl groups excluding tert-OH is 1. The van der Waals surface area contributed by atoms with Crippen LogP contribution in [0.3, 0.4) is 0 Å². The molecule has 0 radical (unpaired) electrons. The van der Waals surface area contributed by atoms with Crippen molar-refractivity contribution in [3.63, 3.8) is 0 Å². The number of hydrogen-bond acceptors (Lipinski definition) is 3. The van der Waals surface area contributed by atoms with Gasteiger partial charge in [0.2, 0.25) is 0 Å². The summed E-state index contributed by atoms with van der Waals surface area (Å²) in [5.74, 6) is -0.0854. The molecule has 0 saturated heterocycles. The fourth-order valence-electron chi connectivity index (χ4n) is 1.08. The van der Waals surface area contributed by atoms with E-state index in [0.717, 1.165) is 0 Å². The predicted octanol–water partition coefficient (Wildman–Crippen LogP) is 1.47. The van der Waals surface area contributed by atoms with Crippen LogP contribution in [0.1, 0.15) is 12.5 Å². The number of halogens is 1. The summed E-state index contributed by atoms with van der Waals surface area (Å²) in [7, 11) is 0. The number of thiocarbonyl (C=S) groups is 1. The quantitative estimate of drug-likeness (QED) is 0.769. The maximum Gasteiger partial charge on any atom is 0.137 e. The van der Waals surface area contributed by atoms with Crippen LogP contribution in [0, 0.1) is 11.7 Å². The predicted molar refractivity (Wildman–Crippen MR) is 64.0 cm³/mol. The molecule has 88 valence electrons. The van der Waals surface area contributed by atoms with Gasteiger partial charge in [-0.05, 0) is 12.1 Å². The molecular weight excluding hydrogens is 229 g/mol. The van der Waals surface area contributed by atoms with Crippen LogP contribution >= 0.6 is 12.2 Å². The van der Waals surface area contributed by atoms with Crippen molar-refractivity contribution >= 4 is 17.2 Å². The SMILES string of the molecule is CC(CO)COc1ccc(C(N)=S)c(F)c1. The average Bonchev–Trinajstić information content (AvgIpc) is 2.25. The van der Waals surface area contributed by atoms with Gasteiger partial charge in [-0.2, -0.15) is 0 Å². The molecule has 1 aromatic carbocycles. The third kappa shape index (κ3) is 3.43. The molecule has 1 aromatic rings. The molecule has 1 unspecified atom stereocenters. The molecule has 0 fully saturated rings. The van der Waals surface area contributed by atoms with Gasteiger partial charge < -0.3 is 15.6 Å². The van der Waals surface area contributed by atoms with Crippen LogP contribution in [0.5, 0.6) is 5.75 Å². The Labute approximate surface area is 99.0 Å². The van der Waals surface area contributed by atoms with Gasteiger partial charge in [-0.15, -0.1) is 0 Å². The molecule has 0 spiro atoms. The largest absolute Gasteiger partial charge is 0.493 e. The summed E-state index contributed by atoms with van der Waals surface area (Å²) in [6.07, 6.45) is 0. The number of rotatable bonds is 5. The first kappa shape index (κ1) is 12.9. The van der Waals surface area contributed by atoms with Crippen LogP contribution in [-0.4, -0.2) is 23.3 Å². The van der Waals surface area contributed by atoms with Gasteiger partial charge in [-0.25, -0.2) is 4.39 Å². The Morgan fingerprint density at radius 3 is 2.81 bits per heavy atom. The maximum absolute atomic E-state index is 13.4. The van der Waals surface area contributed by atoms with Crippen LogP contribution in [0.25, 0.3) is 0 Å². The van der Waals surface area contributed by atoms with E-state index in [1.54, 1.807) is 6.07 Å². The van der Waals surface area contributed by atoms with Gasteiger partial charge >= 0.3 is 0 Å². The number of aliphatic hydroxyl groups is 1. The Morgan fingerprint density at radius 1 is 1.62 bits per heavy atom. The molecule has 0 aromatic heterocycles. The van der Waals surface area contributed by atoms with E-state index in [1.165, 1.54) is 12.1 Å². The normalized spacial score (nSPS) is 12.2. The Bertz CT molecular complexity index is 384. The zero-order chi connectivity index (χ0) is 12.1. The first-order chi connectivity index (χ1) is 7.54. The topological polar surface area (TPSA) is 55.5 Å². The average molecular weight is 243 g/mol. The van der Waals surface area contributed by atoms with Crippen molar-refractivity contribution in [2.45, 2.75) is 6.92 Å². The van der Waals surface area contributed by atoms with Gasteiger partial charge in [0, 0.05) is 24.2 Å². The standard InChI is InChI=1S/C11H14FNO2S/c1-7(5-14)6-15-8-2-3-9(11(13)16)10(12)4-8/h2-4,7,14H,5-6H2,1H3,(H2,13,16). The molecule has 0 heterocycles. The Morgan fingerprint density at radius 2 is 2.31 bits per heavy atom. The summed E-state index contributed by atoms with van der Waals surface area (Å²) in [6.45, 7) is 2.20. The molecule has 0 aliphatic heterocycles. The second-order valence-corrected chi connectivity index (χ2v) is 4.04. The van der Waals surface area contributed by atoms with E-state index in [4.69, 9.17) is 15.6 Å². The van der Waals surface area contributed by atoms with Gasteiger partial charge in [0.25, 0.3) is 0 Å². The second-order valence-electron chi connectivity index (χ2n) is 3.60. The Hall–Kier alpha value is -1.20. The van der Waals surface area contributed by atoms with E-state index in [1.807, 2.05) is 6.92 Å². The zero-order valence-corrected chi connectivity index (χ0v) is 9.76. The summed E-state index contributed by atoms with van der Waals surface area (Å²) < 4.78 is 18.7. The third-order valence-electron chi connectivity index (χ3n) is 2.05. The maximum atomic E-state index is 13.4. The first-order valence-electron chi connectivity index (χ1n) is 4.87. The molecule has 16 heavy (non-hydrogen) atoms. The summed E-state index contributed by atoms with van der Waals surface area (Å²) in [5.41, 5.74) is 5.53. The van der Waals surface area contributed by atoms with E-state index >= 15 is 0 Å². The highest BCUT2D eigenvalue weighted by molar-refractivity contribution is 7.80. The van der Waals surface area contributed by atoms with Crippen molar-refractivity contribution in [3.8, 4) is 5.75 Å². The van der Waals surface area contributed by atoms with Crippen molar-refractivity contribution in [1.29, 1.82) is 0 Å². The molecule has 0 bridgehead atoms. The number of hydrogen-bond donors (Lipinski definition) is 2. The van der Waals surface area contributed by atoms with Crippen LogP contribution in [0.15, 0.2) is 18.2 Å². The fraction of sp³-hybridized carbons (Fsp3) is 0.364. The van der Waals surface area contributed by atoms with Crippen molar-refractivity contribution < 1.29 is 14.2 Å². The van der Waals surface area contributed by atoms with E-state index in [0.29, 0.717) is 12.4 Å². The Balaban J connectivity index is 2.70. The molecule has 0 aliphatic carbocycles. The van der Waals surface area contributed by atoms with Gasteiger partial charge in [0.15, 0.2) is 0 Å². The van der Waals surface area contributed by atoms with Crippen LogP contribution in [-0.2, 0) is 0 Å². The minimum absolute atomic E-state index is 0.0123. The van der Waals surface area contributed by atoms with Gasteiger partial charge in [0.05, 0.1) is 6.61 Å². The van der Waals surface area contributed by atoms with Gasteiger partial charge in [-0.3, -0.25) is 0 Å². The molecule has 3 N–H and O–H groups in total. The highest BCUT2D eigenvalue weighted by Crippen LogP contribution is 2.17. The summed E-state index contributed by atoms with van der Waals surface area (Å²) >= 11 is 4.68. The first-order valence-corrected chi connectivity index (χ1v) is 5.28. The molecule has 1 rings (SSSR count). The lowest BCUT2D eigenvalue weighted by molar-refractivity contribution is 0.174. The summed E-state index contributed by atoms with van der Waals surface area (Å²) in [4.78, 5) is 0.0211. The number of nitrogens with two attached hydrogens (primary N) is 1. The Kier molecular flexibility index (Phi) is 4.64. The number of ether oxygens (including phenoxy) is 1. The highest BCUT2D eigenvalue weighted by Gasteiger charge is 2.07. The molecule has 0 aliphatic rings. The lowest BCUT2D eigenvalue weighted by Gasteiger charge is -2.11. The van der Waals surface area contributed by atoms with E-state index in [2.05, 4.69) is 12.2 Å². The van der Waals surface area contributed by atoms with E-state index < -0.39 is 5.82 Å². The van der Waals surface area contributed by atoms with Crippen LogP contribution < -0.4 is 10.5 Å². The second kappa shape index (κ2) is 5.77. The lowest BCUT2D eigenvalue weighted by atomic mass is 10.2. The van der Waals surface area contributed by atoms with Crippen molar-refractivity contribution in [2.75, 3.05) is 13.2 Å². The summed E-state index contributed by atoms with van der Waals surface area (Å²) in [6, 6.07) is 4.32. The minimum Gasteiger partial charge on any atom is -0.493 e. The van der Waals surface area contributed by atoms with Crippen molar-refractivity contribution in [2.24, 2.45) is 11.7 Å². The highest BCUT2D eigenvalue weighted by atomic mass is 32.1. The molecule has 0 amide bonds. The lowest BCUT2D eigenvalue weighted by Crippen LogP contribution is -2.14. The zero-order valence-electron chi connectivity index (χ0n) is 8.94. The monoisotopic (exact) mass is 243 g/mol. The van der Waals surface area contributed by atoms with Gasteiger partial charge in [-0.1, -0.05) is 19.1 Å². The van der Waals surface area contributed by atoms with Crippen molar-refractivity contribution in [1.82, 2.24) is 0 Å². The smallest absolute Gasteiger partial charge is 0.137 e. The third-order valence-corrected chi connectivity index (χ3v) is 2.27. The van der Waals surface area contributed by atoms with E-state index in [9.17, 15) is 4.39 Å². The van der Waals surface area contributed by atoms with Crippen LogP contribution in [0.4, 0.5) is 4.39 Å². The molecule has 1 atom stereocenters. The van der Waals surface area contributed by atoms with Crippen molar-refractivity contribution in [3.05, 3.63) is 29.6 Å². The van der Waals surface area contributed by atoms with Crippen LogP contribution in [0.2, 0.25) is 0 Å².